The van der Waals surface area contributed by atoms with Crippen molar-refractivity contribution in [1.82, 2.24) is 0 Å². The largest absolute Gasteiger partial charge is 0.504 e. The van der Waals surface area contributed by atoms with Gasteiger partial charge in [0.05, 0.1) is 0 Å². The molecule has 0 unspecified atom stereocenters. The van der Waals surface area contributed by atoms with Crippen molar-refractivity contribution in [1.29, 1.82) is 0 Å². The molecule has 0 aromatic heterocycles. The molecule has 4 N–H and O–H groups in total. The SMILES string of the molecule is Oc1ccc(COc2ccc3cccc(Cc4c(OCc5ccc(O)c(O)c5)ccc5ccccc45)c3c2)cc1O. The van der Waals surface area contributed by atoms with Crippen molar-refractivity contribution < 1.29 is 29.9 Å². The molecule has 0 aliphatic carbocycles. The quantitative estimate of drug-likeness (QED) is 0.148. The van der Waals surface area contributed by atoms with E-state index in [4.69, 9.17) is 9.47 Å². The topological polar surface area (TPSA) is 99.4 Å². The number of fused-ring (bicyclic) bond motifs is 2. The first-order chi connectivity index (χ1) is 19.9. The lowest BCUT2D eigenvalue weighted by Gasteiger charge is -2.16. The lowest BCUT2D eigenvalue weighted by atomic mass is 9.94. The van der Waals surface area contributed by atoms with E-state index < -0.39 is 0 Å². The van der Waals surface area contributed by atoms with Gasteiger partial charge in [0.25, 0.3) is 0 Å². The average Bonchev–Trinajstić information content (AvgIpc) is 2.99. The Morgan fingerprint density at radius 1 is 0.488 bits per heavy atom. The Morgan fingerprint density at radius 2 is 1.12 bits per heavy atom. The van der Waals surface area contributed by atoms with E-state index in [1.54, 1.807) is 12.1 Å². The minimum Gasteiger partial charge on any atom is -0.504 e. The lowest BCUT2D eigenvalue weighted by Crippen LogP contribution is -2.01. The van der Waals surface area contributed by atoms with Gasteiger partial charge in [0.15, 0.2) is 23.0 Å². The normalized spacial score (nSPS) is 11.1. The summed E-state index contributed by atoms with van der Waals surface area (Å²) in [6, 6.07) is 33.7. The third-order valence-corrected chi connectivity index (χ3v) is 7.19. The average molecular weight is 545 g/mol. The van der Waals surface area contributed by atoms with Crippen molar-refractivity contribution >= 4 is 21.5 Å². The number of benzene rings is 6. The van der Waals surface area contributed by atoms with E-state index in [1.807, 2.05) is 48.5 Å². The van der Waals surface area contributed by atoms with Gasteiger partial charge in [0, 0.05) is 12.0 Å². The maximum atomic E-state index is 9.90. The predicted molar refractivity (Wildman–Crippen MR) is 159 cm³/mol. The van der Waals surface area contributed by atoms with E-state index in [9.17, 15) is 20.4 Å². The fraction of sp³-hybridized carbons (Fsp3) is 0.0857. The fourth-order valence-corrected chi connectivity index (χ4v) is 5.03. The zero-order chi connectivity index (χ0) is 28.3. The van der Waals surface area contributed by atoms with E-state index >= 15 is 0 Å². The number of hydrogen-bond acceptors (Lipinski definition) is 6. The van der Waals surface area contributed by atoms with Crippen molar-refractivity contribution in [2.45, 2.75) is 19.6 Å². The van der Waals surface area contributed by atoms with Gasteiger partial charge in [-0.15, -0.1) is 0 Å². The molecule has 6 rings (SSSR count). The minimum atomic E-state index is -0.180. The van der Waals surface area contributed by atoms with Crippen LogP contribution in [0.3, 0.4) is 0 Å². The molecule has 0 heterocycles. The molecule has 0 aliphatic rings. The van der Waals surface area contributed by atoms with Crippen LogP contribution >= 0.6 is 0 Å². The number of ether oxygens (including phenoxy) is 2. The van der Waals surface area contributed by atoms with E-state index in [0.29, 0.717) is 12.2 Å². The van der Waals surface area contributed by atoms with E-state index in [-0.39, 0.29) is 36.2 Å². The summed E-state index contributed by atoms with van der Waals surface area (Å²) in [4.78, 5) is 0. The molecule has 0 spiro atoms. The molecule has 0 radical (unpaired) electrons. The fourth-order valence-electron chi connectivity index (χ4n) is 5.03. The highest BCUT2D eigenvalue weighted by Gasteiger charge is 2.13. The van der Waals surface area contributed by atoms with E-state index in [2.05, 4.69) is 24.3 Å². The molecule has 0 aliphatic heterocycles. The van der Waals surface area contributed by atoms with Crippen LogP contribution in [0.2, 0.25) is 0 Å². The molecular formula is C35H28O6. The summed E-state index contributed by atoms with van der Waals surface area (Å²) < 4.78 is 12.3. The Labute approximate surface area is 236 Å². The maximum absolute atomic E-state index is 9.90. The Morgan fingerprint density at radius 3 is 1.85 bits per heavy atom. The van der Waals surface area contributed by atoms with Gasteiger partial charge in [-0.1, -0.05) is 66.7 Å². The van der Waals surface area contributed by atoms with Crippen LogP contribution in [0.5, 0.6) is 34.5 Å². The summed E-state index contributed by atoms with van der Waals surface area (Å²) in [5.74, 6) is 0.748. The molecule has 0 amide bonds. The first-order valence-electron chi connectivity index (χ1n) is 13.2. The minimum absolute atomic E-state index is 0.165. The first-order valence-corrected chi connectivity index (χ1v) is 13.2. The molecule has 0 atom stereocenters. The van der Waals surface area contributed by atoms with E-state index in [0.717, 1.165) is 49.5 Å². The number of rotatable bonds is 8. The Hall–Kier alpha value is -5.36. The highest BCUT2D eigenvalue weighted by atomic mass is 16.5. The zero-order valence-electron chi connectivity index (χ0n) is 22.1. The van der Waals surface area contributed by atoms with Crippen LogP contribution in [0.15, 0.2) is 109 Å². The van der Waals surface area contributed by atoms with Crippen molar-refractivity contribution in [2.75, 3.05) is 0 Å². The number of hydrogen-bond donors (Lipinski definition) is 4. The van der Waals surface area contributed by atoms with Crippen molar-refractivity contribution in [3.05, 3.63) is 131 Å². The molecule has 0 saturated heterocycles. The number of phenols is 4. The van der Waals surface area contributed by atoms with Crippen LogP contribution in [0.4, 0.5) is 0 Å². The standard InChI is InChI=1S/C35H28O6/c36-31-13-8-22(16-33(31)38)20-40-27-12-10-25-5-3-6-26(29(25)19-27)18-30-28-7-2-1-4-24(28)11-15-35(30)41-21-23-9-14-32(37)34(39)17-23/h1-17,19,36-39H,18,20-21H2. The van der Waals surface area contributed by atoms with Crippen molar-refractivity contribution in [3.8, 4) is 34.5 Å². The first kappa shape index (κ1) is 25.9. The highest BCUT2D eigenvalue weighted by molar-refractivity contribution is 5.91. The van der Waals surface area contributed by atoms with Gasteiger partial charge in [-0.3, -0.25) is 0 Å². The third kappa shape index (κ3) is 5.54. The van der Waals surface area contributed by atoms with Gasteiger partial charge in [-0.25, -0.2) is 0 Å². The van der Waals surface area contributed by atoms with Gasteiger partial charge in [0.1, 0.15) is 24.7 Å². The molecule has 41 heavy (non-hydrogen) atoms. The third-order valence-electron chi connectivity index (χ3n) is 7.19. The molecule has 0 saturated carbocycles. The van der Waals surface area contributed by atoms with Crippen LogP contribution in [-0.2, 0) is 19.6 Å². The molecule has 6 aromatic rings. The van der Waals surface area contributed by atoms with Gasteiger partial charge >= 0.3 is 0 Å². The number of aromatic hydroxyl groups is 4. The van der Waals surface area contributed by atoms with Gasteiger partial charge in [-0.2, -0.15) is 0 Å². The van der Waals surface area contributed by atoms with Crippen LogP contribution < -0.4 is 9.47 Å². The maximum Gasteiger partial charge on any atom is 0.157 e. The molecule has 204 valence electrons. The van der Waals surface area contributed by atoms with Crippen molar-refractivity contribution in [3.63, 3.8) is 0 Å². The monoisotopic (exact) mass is 544 g/mol. The Kier molecular flexibility index (Phi) is 6.96. The summed E-state index contributed by atoms with van der Waals surface area (Å²) >= 11 is 0. The Bertz CT molecular complexity index is 1880. The van der Waals surface area contributed by atoms with Crippen molar-refractivity contribution in [2.24, 2.45) is 0 Å². The summed E-state index contributed by atoms with van der Waals surface area (Å²) in [5.41, 5.74) is 3.64. The second-order valence-electron chi connectivity index (χ2n) is 9.96. The molecule has 6 aromatic carbocycles. The molecule has 6 heteroatoms. The summed E-state index contributed by atoms with van der Waals surface area (Å²) in [6.45, 7) is 0.481. The summed E-state index contributed by atoms with van der Waals surface area (Å²) in [7, 11) is 0. The van der Waals surface area contributed by atoms with Gasteiger partial charge in [0.2, 0.25) is 0 Å². The summed E-state index contributed by atoms with van der Waals surface area (Å²) in [6.07, 6.45) is 0.615. The summed E-state index contributed by atoms with van der Waals surface area (Å²) in [5, 5.41) is 43.3. The van der Waals surface area contributed by atoms with E-state index in [1.165, 1.54) is 24.3 Å². The van der Waals surface area contributed by atoms with Gasteiger partial charge in [-0.05, 0) is 80.7 Å². The predicted octanol–water partition coefficient (Wildman–Crippen LogP) is 7.56. The number of phenolic OH excluding ortho intramolecular Hbond substituents is 4. The smallest absolute Gasteiger partial charge is 0.157 e. The Balaban J connectivity index is 1.32. The van der Waals surface area contributed by atoms with Crippen LogP contribution in [0.1, 0.15) is 22.3 Å². The van der Waals surface area contributed by atoms with Crippen LogP contribution in [-0.4, -0.2) is 20.4 Å². The van der Waals surface area contributed by atoms with Gasteiger partial charge < -0.3 is 29.9 Å². The molecule has 6 nitrogen and oxygen atoms in total. The lowest BCUT2D eigenvalue weighted by molar-refractivity contribution is 0.302. The molecule has 0 fully saturated rings. The van der Waals surface area contributed by atoms with Crippen LogP contribution in [0, 0.1) is 0 Å². The molecule has 0 bridgehead atoms. The van der Waals surface area contributed by atoms with Crippen LogP contribution in [0.25, 0.3) is 21.5 Å². The molecular weight excluding hydrogens is 516 g/mol. The highest BCUT2D eigenvalue weighted by Crippen LogP contribution is 2.34. The second-order valence-corrected chi connectivity index (χ2v) is 9.96. The second kappa shape index (κ2) is 11.0. The zero-order valence-corrected chi connectivity index (χ0v) is 22.1.